The van der Waals surface area contributed by atoms with Gasteiger partial charge in [0.05, 0.1) is 11.8 Å². The van der Waals surface area contributed by atoms with Crippen molar-refractivity contribution in [1.29, 1.82) is 0 Å². The highest BCUT2D eigenvalue weighted by atomic mass is 16.2. The minimum absolute atomic E-state index is 0.0571. The van der Waals surface area contributed by atoms with Crippen LogP contribution in [0.1, 0.15) is 79.1 Å². The van der Waals surface area contributed by atoms with Gasteiger partial charge in [0.2, 0.25) is 11.8 Å². The predicted octanol–water partition coefficient (Wildman–Crippen LogP) is 5.45. The third-order valence-corrected chi connectivity index (χ3v) is 9.10. The van der Waals surface area contributed by atoms with Gasteiger partial charge in [0.1, 0.15) is 0 Å². The minimum atomic E-state index is -0.0808. The molecule has 1 aliphatic heterocycles. The highest BCUT2D eigenvalue weighted by Crippen LogP contribution is 2.63. The van der Waals surface area contributed by atoms with E-state index < -0.39 is 0 Å². The topological polar surface area (TPSA) is 37.4 Å². The van der Waals surface area contributed by atoms with Crippen LogP contribution in [0.3, 0.4) is 0 Å². The van der Waals surface area contributed by atoms with Gasteiger partial charge in [-0.1, -0.05) is 58.6 Å². The molecule has 1 saturated heterocycles. The number of likely N-dealkylation sites (tertiary alicyclic amines) is 1. The van der Waals surface area contributed by atoms with Gasteiger partial charge in [0.25, 0.3) is 0 Å². The summed E-state index contributed by atoms with van der Waals surface area (Å²) in [5.74, 6) is 3.38. The zero-order valence-corrected chi connectivity index (χ0v) is 18.5. The van der Waals surface area contributed by atoms with E-state index in [1.54, 1.807) is 12.6 Å². The summed E-state index contributed by atoms with van der Waals surface area (Å²) in [7, 11) is 1.68. The summed E-state index contributed by atoms with van der Waals surface area (Å²) in [6, 6.07) is 0. The summed E-state index contributed by atoms with van der Waals surface area (Å²) in [5, 5.41) is 0. The van der Waals surface area contributed by atoms with Crippen molar-refractivity contribution < 1.29 is 9.59 Å². The van der Waals surface area contributed by atoms with E-state index in [0.717, 1.165) is 30.6 Å². The molecule has 0 bridgehead atoms. The van der Waals surface area contributed by atoms with E-state index in [0.29, 0.717) is 17.3 Å². The molecule has 28 heavy (non-hydrogen) atoms. The zero-order chi connectivity index (χ0) is 20.2. The molecule has 3 heteroatoms. The first-order chi connectivity index (χ1) is 13.3. The lowest BCUT2D eigenvalue weighted by atomic mass is 9.54. The number of allylic oxidation sites excluding steroid dienone is 2. The van der Waals surface area contributed by atoms with Crippen molar-refractivity contribution in [3.8, 4) is 0 Å². The van der Waals surface area contributed by atoms with Gasteiger partial charge in [-0.25, -0.2) is 0 Å². The van der Waals surface area contributed by atoms with Crippen molar-refractivity contribution in [2.45, 2.75) is 79.1 Å². The molecule has 3 nitrogen and oxygen atoms in total. The first-order valence-corrected chi connectivity index (χ1v) is 11.8. The van der Waals surface area contributed by atoms with E-state index in [4.69, 9.17) is 0 Å². The molecule has 4 aliphatic rings. The maximum Gasteiger partial charge on any atom is 0.233 e. The smallest absolute Gasteiger partial charge is 0.233 e. The average Bonchev–Trinajstić information content (AvgIpc) is 3.11. The van der Waals surface area contributed by atoms with E-state index in [-0.39, 0.29) is 23.7 Å². The van der Waals surface area contributed by atoms with Gasteiger partial charge in [-0.05, 0) is 67.1 Å². The summed E-state index contributed by atoms with van der Waals surface area (Å²) in [5.41, 5.74) is 1.95. The standard InChI is InChI=1S/C25H39NO2/c1-15(2)7-6-8-16(3)20-11-12-21-17-9-10-19-22(24(28)26(5)23(19)27)18(17)13-14-25(20,21)4/h9,15-16,18-22H,6-8,10-14H2,1-5H3/t16-,18-,19+,20-,21+,22-,25-/m1/s1. The second kappa shape index (κ2) is 7.29. The maximum atomic E-state index is 12.8. The van der Waals surface area contributed by atoms with Gasteiger partial charge in [0.15, 0.2) is 0 Å². The number of rotatable bonds is 5. The van der Waals surface area contributed by atoms with E-state index >= 15 is 0 Å². The molecule has 0 aromatic carbocycles. The number of imide groups is 1. The fourth-order valence-corrected chi connectivity index (χ4v) is 7.60. The zero-order valence-electron chi connectivity index (χ0n) is 18.5. The fraction of sp³-hybridized carbons (Fsp3) is 0.840. The van der Waals surface area contributed by atoms with Crippen molar-refractivity contribution >= 4 is 11.8 Å². The van der Waals surface area contributed by atoms with Crippen LogP contribution in [-0.4, -0.2) is 23.8 Å². The lowest BCUT2D eigenvalue weighted by Gasteiger charge is -2.49. The largest absolute Gasteiger partial charge is 0.285 e. The highest BCUT2D eigenvalue weighted by Gasteiger charge is 2.59. The Morgan fingerprint density at radius 1 is 1.07 bits per heavy atom. The molecular formula is C25H39NO2. The molecule has 3 fully saturated rings. The third kappa shape index (κ3) is 2.99. The predicted molar refractivity (Wildman–Crippen MR) is 112 cm³/mol. The first-order valence-electron chi connectivity index (χ1n) is 11.8. The average molecular weight is 386 g/mol. The van der Waals surface area contributed by atoms with Gasteiger partial charge >= 0.3 is 0 Å². The quantitative estimate of drug-likeness (QED) is 0.466. The minimum Gasteiger partial charge on any atom is -0.285 e. The molecule has 156 valence electrons. The SMILES string of the molecule is CC(C)CCC[C@@H](C)[C@H]1CC[C@H]2C3=CC[C@@H]4C(=O)N(C)C(=O)[C@@H]4[C@@H]3CC[C@]12C. The number of fused-ring (bicyclic) bond motifs is 5. The molecule has 3 aliphatic carbocycles. The Morgan fingerprint density at radius 2 is 1.82 bits per heavy atom. The molecule has 0 radical (unpaired) electrons. The Balaban J connectivity index is 1.51. The monoisotopic (exact) mass is 385 g/mol. The molecule has 0 unspecified atom stereocenters. The Morgan fingerprint density at radius 3 is 2.54 bits per heavy atom. The number of nitrogens with zero attached hydrogens (tertiary/aromatic N) is 1. The third-order valence-electron chi connectivity index (χ3n) is 9.10. The van der Waals surface area contributed by atoms with Gasteiger partial charge < -0.3 is 0 Å². The van der Waals surface area contributed by atoms with E-state index in [2.05, 4.69) is 33.8 Å². The summed E-state index contributed by atoms with van der Waals surface area (Å²) >= 11 is 0. The number of hydrogen-bond donors (Lipinski definition) is 0. The molecule has 0 N–H and O–H groups in total. The molecule has 0 aromatic rings. The Hall–Kier alpha value is -1.12. The summed E-state index contributed by atoms with van der Waals surface area (Å²) < 4.78 is 0. The molecule has 0 spiro atoms. The Labute approximate surface area is 171 Å². The number of carbonyl (C=O) groups excluding carboxylic acids is 2. The van der Waals surface area contributed by atoms with Crippen LogP contribution >= 0.6 is 0 Å². The van der Waals surface area contributed by atoms with Crippen LogP contribution in [0.25, 0.3) is 0 Å². The molecule has 1 heterocycles. The number of carbonyl (C=O) groups is 2. The van der Waals surface area contributed by atoms with Crippen LogP contribution in [0, 0.1) is 46.8 Å². The van der Waals surface area contributed by atoms with E-state index in [9.17, 15) is 9.59 Å². The fourth-order valence-electron chi connectivity index (χ4n) is 7.60. The lowest BCUT2D eigenvalue weighted by Crippen LogP contribution is -2.44. The molecular weight excluding hydrogens is 346 g/mol. The van der Waals surface area contributed by atoms with Gasteiger partial charge in [0, 0.05) is 7.05 Å². The van der Waals surface area contributed by atoms with Crippen LogP contribution < -0.4 is 0 Å². The lowest BCUT2D eigenvalue weighted by molar-refractivity contribution is -0.138. The normalized spacial score (nSPS) is 41.0. The molecule has 0 aromatic heterocycles. The van der Waals surface area contributed by atoms with Gasteiger partial charge in [-0.2, -0.15) is 0 Å². The second-order valence-electron chi connectivity index (χ2n) is 11.0. The van der Waals surface area contributed by atoms with Crippen LogP contribution in [0.4, 0.5) is 0 Å². The van der Waals surface area contributed by atoms with Crippen molar-refractivity contribution in [2.24, 2.45) is 46.8 Å². The molecule has 7 atom stereocenters. The number of amides is 2. The van der Waals surface area contributed by atoms with Gasteiger partial charge in [-0.3, -0.25) is 14.5 Å². The van der Waals surface area contributed by atoms with Crippen molar-refractivity contribution in [1.82, 2.24) is 4.90 Å². The Kier molecular flexibility index (Phi) is 5.25. The maximum absolute atomic E-state index is 12.8. The van der Waals surface area contributed by atoms with Crippen LogP contribution in [0.15, 0.2) is 11.6 Å². The number of hydrogen-bond acceptors (Lipinski definition) is 2. The van der Waals surface area contributed by atoms with Crippen molar-refractivity contribution in [3.05, 3.63) is 11.6 Å². The van der Waals surface area contributed by atoms with Crippen LogP contribution in [0.2, 0.25) is 0 Å². The second-order valence-corrected chi connectivity index (χ2v) is 11.0. The van der Waals surface area contributed by atoms with Gasteiger partial charge in [-0.15, -0.1) is 0 Å². The van der Waals surface area contributed by atoms with Crippen molar-refractivity contribution in [3.63, 3.8) is 0 Å². The Bertz CT molecular complexity index is 680. The van der Waals surface area contributed by atoms with Crippen LogP contribution in [0.5, 0.6) is 0 Å². The van der Waals surface area contributed by atoms with Crippen molar-refractivity contribution in [2.75, 3.05) is 7.05 Å². The van der Waals surface area contributed by atoms with E-state index in [1.165, 1.54) is 43.4 Å². The molecule has 2 amide bonds. The summed E-state index contributed by atoms with van der Waals surface area (Å²) in [4.78, 5) is 26.7. The van der Waals surface area contributed by atoms with Crippen LogP contribution in [-0.2, 0) is 9.59 Å². The van der Waals surface area contributed by atoms with E-state index in [1.807, 2.05) is 0 Å². The molecule has 2 saturated carbocycles. The first kappa shape index (κ1) is 20.2. The molecule has 4 rings (SSSR count). The highest BCUT2D eigenvalue weighted by molar-refractivity contribution is 6.05. The summed E-state index contributed by atoms with van der Waals surface area (Å²) in [6.45, 7) is 9.69. The summed E-state index contributed by atoms with van der Waals surface area (Å²) in [6.07, 6.45) is 12.2.